The number of amides is 1. The van der Waals surface area contributed by atoms with Crippen LogP contribution in [-0.4, -0.2) is 27.2 Å². The van der Waals surface area contributed by atoms with Gasteiger partial charge in [-0.15, -0.1) is 0 Å². The van der Waals surface area contributed by atoms with Crippen molar-refractivity contribution in [1.82, 2.24) is 9.55 Å². The first-order valence-corrected chi connectivity index (χ1v) is 10.5. The second kappa shape index (κ2) is 9.33. The molecule has 0 radical (unpaired) electrons. The molecule has 1 aromatic heterocycles. The summed E-state index contributed by atoms with van der Waals surface area (Å²) < 4.78 is 34.0. The van der Waals surface area contributed by atoms with Crippen molar-refractivity contribution >= 4 is 21.8 Å². The molecule has 0 saturated carbocycles. The fourth-order valence-corrected chi connectivity index (χ4v) is 4.25. The number of nitrogens with zero attached hydrogens (tertiary/aromatic N) is 2. The molecule has 2 aromatic rings. The van der Waals surface area contributed by atoms with E-state index in [9.17, 15) is 23.5 Å². The molecule has 0 saturated heterocycles. The third-order valence-electron chi connectivity index (χ3n) is 5.57. The normalized spacial score (nSPS) is 18.2. The lowest BCUT2D eigenvalue weighted by molar-refractivity contribution is -0.115. The van der Waals surface area contributed by atoms with Crippen molar-refractivity contribution in [1.29, 1.82) is 0 Å². The van der Waals surface area contributed by atoms with Gasteiger partial charge in [0.1, 0.15) is 28.5 Å². The van der Waals surface area contributed by atoms with Crippen LogP contribution in [0.1, 0.15) is 31.2 Å². The van der Waals surface area contributed by atoms with E-state index in [0.717, 1.165) is 17.7 Å². The number of ether oxygens (including phenoxy) is 1. The molecule has 1 atom stereocenters. The van der Waals surface area contributed by atoms with Crippen LogP contribution < -0.4 is 16.0 Å². The zero-order valence-corrected chi connectivity index (χ0v) is 19.1. The van der Waals surface area contributed by atoms with Crippen LogP contribution in [0.4, 0.5) is 8.78 Å². The summed E-state index contributed by atoms with van der Waals surface area (Å²) in [6.07, 6.45) is 3.56. The molecule has 0 fully saturated rings. The number of carbonyl (C=O) groups is 1. The maximum Gasteiger partial charge on any atom is 0.272 e. The zero-order chi connectivity index (χ0) is 23.6. The molecular weight excluding hydrogens is 488 g/mol. The highest BCUT2D eigenvalue weighted by Gasteiger charge is 2.40. The van der Waals surface area contributed by atoms with Gasteiger partial charge in [-0.3, -0.25) is 14.2 Å². The quantitative estimate of drug-likeness (QED) is 0.596. The van der Waals surface area contributed by atoms with Gasteiger partial charge in [-0.1, -0.05) is 12.2 Å². The van der Waals surface area contributed by atoms with Crippen molar-refractivity contribution in [3.05, 3.63) is 79.3 Å². The van der Waals surface area contributed by atoms with Gasteiger partial charge in [-0.05, 0) is 53.9 Å². The van der Waals surface area contributed by atoms with Gasteiger partial charge < -0.3 is 15.6 Å². The first kappa shape index (κ1) is 23.8. The van der Waals surface area contributed by atoms with E-state index in [2.05, 4.69) is 20.9 Å². The lowest BCUT2D eigenvalue weighted by Crippen LogP contribution is -2.47. The molecule has 1 amide bonds. The standard InChI is InChI=1S/C22H22BrF2N3O4/c1-12-3-4-14(19(26)30)10-22(12,7-8-29)28-13(2)27-20(18(23)21(28)31)32-11-15-5-6-16(24)9-17(15)25/h3-6,9,29H,7-8,10-11H2,1-2H3,(H2,26,30). The van der Waals surface area contributed by atoms with Crippen LogP contribution >= 0.6 is 15.9 Å². The monoisotopic (exact) mass is 509 g/mol. The Hall–Kier alpha value is -2.85. The third kappa shape index (κ3) is 4.37. The summed E-state index contributed by atoms with van der Waals surface area (Å²) in [7, 11) is 0. The van der Waals surface area contributed by atoms with Crippen molar-refractivity contribution in [2.45, 2.75) is 38.8 Å². The molecule has 0 aliphatic heterocycles. The van der Waals surface area contributed by atoms with E-state index in [1.807, 2.05) is 0 Å². The van der Waals surface area contributed by atoms with Crippen LogP contribution in [0.5, 0.6) is 5.88 Å². The summed E-state index contributed by atoms with van der Waals surface area (Å²) in [5.74, 6) is -1.90. The Labute approximate surface area is 191 Å². The Kier molecular flexibility index (Phi) is 6.94. The Morgan fingerprint density at radius 2 is 2.06 bits per heavy atom. The van der Waals surface area contributed by atoms with Gasteiger partial charge in [0.05, 0.1) is 5.54 Å². The minimum atomic E-state index is -1.05. The summed E-state index contributed by atoms with van der Waals surface area (Å²) in [5.41, 5.74) is 5.08. The molecule has 1 aromatic carbocycles. The molecule has 1 aliphatic carbocycles. The maximum atomic E-state index is 13.9. The van der Waals surface area contributed by atoms with Gasteiger partial charge in [0.25, 0.3) is 5.56 Å². The highest BCUT2D eigenvalue weighted by molar-refractivity contribution is 9.10. The number of benzene rings is 1. The molecular formula is C22H22BrF2N3O4. The topological polar surface area (TPSA) is 107 Å². The van der Waals surface area contributed by atoms with Gasteiger partial charge in [0.15, 0.2) is 0 Å². The summed E-state index contributed by atoms with van der Waals surface area (Å²) in [4.78, 5) is 29.5. The predicted molar refractivity (Wildman–Crippen MR) is 117 cm³/mol. The lowest BCUT2D eigenvalue weighted by Gasteiger charge is -2.40. The van der Waals surface area contributed by atoms with E-state index in [1.165, 1.54) is 10.6 Å². The van der Waals surface area contributed by atoms with Gasteiger partial charge in [-0.2, -0.15) is 4.98 Å². The number of primary amides is 1. The summed E-state index contributed by atoms with van der Waals surface area (Å²) in [6, 6.07) is 3.09. The number of nitrogens with two attached hydrogens (primary N) is 1. The van der Waals surface area contributed by atoms with E-state index in [-0.39, 0.29) is 47.8 Å². The highest BCUT2D eigenvalue weighted by Crippen LogP contribution is 2.39. The second-order valence-corrected chi connectivity index (χ2v) is 8.32. The van der Waals surface area contributed by atoms with Crippen molar-refractivity contribution in [3.63, 3.8) is 0 Å². The Balaban J connectivity index is 2.04. The largest absolute Gasteiger partial charge is 0.472 e. The third-order valence-corrected chi connectivity index (χ3v) is 6.24. The van der Waals surface area contributed by atoms with Gasteiger partial charge >= 0.3 is 0 Å². The molecule has 32 heavy (non-hydrogen) atoms. The van der Waals surface area contributed by atoms with Crippen LogP contribution in [0.15, 0.2) is 50.8 Å². The van der Waals surface area contributed by atoms with Crippen molar-refractivity contribution < 1.29 is 23.4 Å². The van der Waals surface area contributed by atoms with E-state index >= 15 is 0 Å². The van der Waals surface area contributed by atoms with Crippen LogP contribution in [0.25, 0.3) is 0 Å². The molecule has 1 aliphatic rings. The average molecular weight is 510 g/mol. The average Bonchev–Trinajstić information content (AvgIpc) is 2.72. The summed E-state index contributed by atoms with van der Waals surface area (Å²) >= 11 is 3.21. The van der Waals surface area contributed by atoms with Crippen LogP contribution in [0, 0.1) is 18.6 Å². The van der Waals surface area contributed by atoms with Crippen molar-refractivity contribution in [3.8, 4) is 5.88 Å². The molecule has 170 valence electrons. The number of carbonyl (C=O) groups excluding carboxylic acids is 1. The molecule has 1 heterocycles. The minimum absolute atomic E-state index is 0.00841. The molecule has 0 spiro atoms. The summed E-state index contributed by atoms with van der Waals surface area (Å²) in [5, 5.41) is 9.75. The first-order valence-electron chi connectivity index (χ1n) is 9.75. The van der Waals surface area contributed by atoms with Gasteiger partial charge in [0, 0.05) is 30.2 Å². The number of hydrogen-bond donors (Lipinski definition) is 2. The number of aliphatic hydroxyl groups excluding tert-OH is 1. The van der Waals surface area contributed by atoms with E-state index < -0.39 is 28.6 Å². The smallest absolute Gasteiger partial charge is 0.272 e. The number of allylic oxidation sites excluding steroid dienone is 3. The fraction of sp³-hybridized carbons (Fsp3) is 0.318. The fourth-order valence-electron chi connectivity index (χ4n) is 3.87. The number of halogens is 3. The van der Waals surface area contributed by atoms with E-state index in [4.69, 9.17) is 10.5 Å². The summed E-state index contributed by atoms with van der Waals surface area (Å²) in [6.45, 7) is 2.87. The van der Waals surface area contributed by atoms with Crippen LogP contribution in [0.3, 0.4) is 0 Å². The van der Waals surface area contributed by atoms with E-state index in [0.29, 0.717) is 5.57 Å². The van der Waals surface area contributed by atoms with Crippen LogP contribution in [-0.2, 0) is 16.9 Å². The van der Waals surface area contributed by atoms with Gasteiger partial charge in [0.2, 0.25) is 11.8 Å². The lowest BCUT2D eigenvalue weighted by atomic mass is 9.77. The molecule has 7 nitrogen and oxygen atoms in total. The zero-order valence-electron chi connectivity index (χ0n) is 17.5. The second-order valence-electron chi connectivity index (χ2n) is 7.53. The van der Waals surface area contributed by atoms with Gasteiger partial charge in [-0.25, -0.2) is 8.78 Å². The minimum Gasteiger partial charge on any atom is -0.472 e. The SMILES string of the molecule is CC1=CC=C(C(N)=O)CC1(CCO)n1c(C)nc(OCc2ccc(F)cc2F)c(Br)c1=O. The van der Waals surface area contributed by atoms with Crippen LogP contribution in [0.2, 0.25) is 0 Å². The Bertz CT molecular complexity index is 1190. The number of hydrogen-bond acceptors (Lipinski definition) is 5. The molecule has 3 rings (SSSR count). The Morgan fingerprint density at radius 3 is 2.69 bits per heavy atom. The van der Waals surface area contributed by atoms with Crippen molar-refractivity contribution in [2.75, 3.05) is 6.61 Å². The van der Waals surface area contributed by atoms with Crippen molar-refractivity contribution in [2.24, 2.45) is 5.73 Å². The number of rotatable bonds is 7. The maximum absolute atomic E-state index is 13.9. The molecule has 1 unspecified atom stereocenters. The molecule has 3 N–H and O–H groups in total. The molecule has 0 bridgehead atoms. The number of aryl methyl sites for hydroxylation is 1. The highest BCUT2D eigenvalue weighted by atomic mass is 79.9. The first-order chi connectivity index (χ1) is 15.1. The molecule has 10 heteroatoms. The number of aromatic nitrogens is 2. The number of aliphatic hydroxyl groups is 1. The van der Waals surface area contributed by atoms with E-state index in [1.54, 1.807) is 26.0 Å². The Morgan fingerprint density at radius 1 is 1.34 bits per heavy atom. The predicted octanol–water partition coefficient (Wildman–Crippen LogP) is 3.01.